The number of aromatic nitrogens is 3. The van der Waals surface area contributed by atoms with Gasteiger partial charge in [0.25, 0.3) is 0 Å². The molecule has 234 valence electrons. The highest BCUT2D eigenvalue weighted by atomic mass is 15.5. The lowest BCUT2D eigenvalue weighted by Crippen LogP contribution is -2.73. The molecule has 5 heterocycles. The lowest BCUT2D eigenvalue weighted by Gasteiger charge is -2.63. The van der Waals surface area contributed by atoms with E-state index in [1.54, 1.807) is 0 Å². The Kier molecular flexibility index (Phi) is 5.92. The highest BCUT2D eigenvalue weighted by Crippen LogP contribution is 2.70. The molecule has 4 aliphatic rings. The number of aryl methyl sites for hydroxylation is 1. The van der Waals surface area contributed by atoms with Gasteiger partial charge in [0.1, 0.15) is 12.3 Å². The molecule has 0 fully saturated rings. The van der Waals surface area contributed by atoms with Crippen molar-refractivity contribution in [1.29, 1.82) is 0 Å². The van der Waals surface area contributed by atoms with Crippen molar-refractivity contribution in [3.8, 4) is 0 Å². The molecule has 4 unspecified atom stereocenters. The van der Waals surface area contributed by atoms with Crippen molar-refractivity contribution in [2.24, 2.45) is 5.41 Å². The van der Waals surface area contributed by atoms with Gasteiger partial charge in [-0.25, -0.2) is 15.0 Å². The summed E-state index contributed by atoms with van der Waals surface area (Å²) in [7, 11) is 0. The Morgan fingerprint density at radius 1 is 0.766 bits per heavy atom. The fourth-order valence-corrected chi connectivity index (χ4v) is 9.58. The normalized spacial score (nSPS) is 24.9. The third-order valence-corrected chi connectivity index (χ3v) is 11.3. The molecule has 0 saturated heterocycles. The zero-order valence-electron chi connectivity index (χ0n) is 27.4. The Morgan fingerprint density at radius 2 is 1.45 bits per heavy atom. The maximum Gasteiger partial charge on any atom is 0.178 e. The van der Waals surface area contributed by atoms with Crippen molar-refractivity contribution in [2.75, 3.05) is 19.6 Å². The van der Waals surface area contributed by atoms with Crippen LogP contribution in [0.5, 0.6) is 0 Å². The van der Waals surface area contributed by atoms with E-state index in [-0.39, 0.29) is 18.4 Å². The summed E-state index contributed by atoms with van der Waals surface area (Å²) in [6, 6.07) is 31.1. The third-order valence-electron chi connectivity index (χ3n) is 11.3. The summed E-state index contributed by atoms with van der Waals surface area (Å²) in [6.07, 6.45) is 9.32. The number of allylic oxidation sites excluding steroid dienone is 1. The van der Waals surface area contributed by atoms with Gasteiger partial charge in [-0.15, -0.1) is 6.58 Å². The minimum Gasteiger partial charge on any atom is -0.345 e. The molecule has 2 aromatic heterocycles. The first-order valence-corrected chi connectivity index (χ1v) is 16.8. The second kappa shape index (κ2) is 9.91. The van der Waals surface area contributed by atoms with Crippen molar-refractivity contribution in [3.63, 3.8) is 0 Å². The van der Waals surface area contributed by atoms with E-state index >= 15 is 0 Å². The molecule has 0 N–H and O–H groups in total. The topological polar surface area (TPSA) is 51.6 Å². The lowest BCUT2D eigenvalue weighted by molar-refractivity contribution is 0.0678. The first-order chi connectivity index (χ1) is 23.0. The lowest BCUT2D eigenvalue weighted by atomic mass is 9.52. The van der Waals surface area contributed by atoms with Crippen LogP contribution in [-0.4, -0.2) is 33.3 Å². The van der Waals surface area contributed by atoms with E-state index in [9.17, 15) is 0 Å². The molecule has 0 radical (unpaired) electrons. The average molecular weight is 618 g/mol. The number of benzene rings is 3. The number of nitrogens with zero attached hydrogens (tertiary/aromatic N) is 7. The number of fused-ring (bicyclic) bond motifs is 6. The van der Waals surface area contributed by atoms with Gasteiger partial charge in [0, 0.05) is 47.1 Å². The van der Waals surface area contributed by atoms with Gasteiger partial charge >= 0.3 is 0 Å². The largest absolute Gasteiger partial charge is 0.345 e. The molecular formula is C40H39N7. The van der Waals surface area contributed by atoms with Gasteiger partial charge in [0.05, 0.1) is 11.1 Å². The first kappa shape index (κ1) is 28.1. The third kappa shape index (κ3) is 3.39. The molecular weight excluding hydrogens is 578 g/mol. The molecule has 3 aliphatic heterocycles. The van der Waals surface area contributed by atoms with E-state index in [1.807, 2.05) is 18.6 Å². The molecule has 5 aromatic rings. The number of rotatable bonds is 6. The van der Waals surface area contributed by atoms with Crippen molar-refractivity contribution >= 4 is 40.2 Å². The fraction of sp³-hybridized carbons (Fsp3) is 0.275. The minimum atomic E-state index is -0.483. The Balaban J connectivity index is 1.43. The first-order valence-electron chi connectivity index (χ1n) is 16.8. The van der Waals surface area contributed by atoms with Gasteiger partial charge in [-0.3, -0.25) is 0 Å². The van der Waals surface area contributed by atoms with E-state index < -0.39 is 10.8 Å². The Morgan fingerprint density at radius 3 is 2.17 bits per heavy atom. The molecule has 1 aliphatic carbocycles. The zero-order valence-corrected chi connectivity index (χ0v) is 27.4. The van der Waals surface area contributed by atoms with Gasteiger partial charge in [-0.1, -0.05) is 61.5 Å². The molecule has 7 heteroatoms. The van der Waals surface area contributed by atoms with Crippen LogP contribution in [0.2, 0.25) is 0 Å². The predicted molar refractivity (Wildman–Crippen MR) is 190 cm³/mol. The number of para-hydroxylation sites is 2. The van der Waals surface area contributed by atoms with E-state index in [1.165, 1.54) is 28.1 Å². The fourth-order valence-electron chi connectivity index (χ4n) is 9.58. The summed E-state index contributed by atoms with van der Waals surface area (Å²) in [5, 5.41) is 0. The average Bonchev–Trinajstić information content (AvgIpc) is 3.75. The minimum absolute atomic E-state index is 0.132. The van der Waals surface area contributed by atoms with Gasteiger partial charge < -0.3 is 19.6 Å². The summed E-state index contributed by atoms with van der Waals surface area (Å²) >= 11 is 0. The summed E-state index contributed by atoms with van der Waals surface area (Å²) in [5.41, 5.74) is 7.63. The summed E-state index contributed by atoms with van der Waals surface area (Å²) in [4.78, 5) is 25.5. The molecule has 2 bridgehead atoms. The van der Waals surface area contributed by atoms with Gasteiger partial charge in [0.2, 0.25) is 0 Å². The monoisotopic (exact) mass is 617 g/mol. The summed E-state index contributed by atoms with van der Waals surface area (Å²) in [5.74, 6) is 2.76. The van der Waals surface area contributed by atoms with Crippen LogP contribution in [0.4, 0.5) is 40.2 Å². The molecule has 0 spiro atoms. The number of anilines is 7. The van der Waals surface area contributed by atoms with E-state index in [4.69, 9.17) is 21.5 Å². The molecule has 7 nitrogen and oxygen atoms in total. The van der Waals surface area contributed by atoms with E-state index in [0.29, 0.717) is 0 Å². The molecule has 9 rings (SSSR count). The summed E-state index contributed by atoms with van der Waals surface area (Å²) in [6.45, 7) is 13.9. The van der Waals surface area contributed by atoms with Gasteiger partial charge in [0.15, 0.2) is 17.5 Å². The molecule has 0 saturated carbocycles. The Hall–Kier alpha value is -5.17. The van der Waals surface area contributed by atoms with E-state index in [0.717, 1.165) is 41.7 Å². The predicted octanol–water partition coefficient (Wildman–Crippen LogP) is 8.58. The van der Waals surface area contributed by atoms with E-state index in [2.05, 4.69) is 138 Å². The maximum absolute atomic E-state index is 5.15. The van der Waals surface area contributed by atoms with Crippen molar-refractivity contribution in [2.45, 2.75) is 64.3 Å². The van der Waals surface area contributed by atoms with Crippen molar-refractivity contribution in [3.05, 3.63) is 133 Å². The second-order valence-electron chi connectivity index (χ2n) is 13.6. The standard InChI is InChI=1S/C40H39N7/c1-6-39-25-28-19-20-32(30(39)24-28)47-36-35(42-22-23-43-36)45(29-15-9-8-10-16-29)38(47)40(39,7-2)37-44(26(3)4)33-18-13-21-41-34(33)46(37)31-17-12-11-14-27(31)5/h6,8-24,26,37-38H,1,7,25H2,2-5H3. The van der Waals surface area contributed by atoms with Crippen molar-refractivity contribution in [1.82, 2.24) is 15.0 Å². The van der Waals surface area contributed by atoms with Crippen LogP contribution in [0, 0.1) is 12.3 Å². The smallest absolute Gasteiger partial charge is 0.178 e. The zero-order chi connectivity index (χ0) is 32.1. The molecule has 4 atom stereocenters. The number of hydrogen-bond donors (Lipinski definition) is 0. The molecule has 47 heavy (non-hydrogen) atoms. The molecule has 3 aromatic carbocycles. The van der Waals surface area contributed by atoms with Crippen LogP contribution in [0.3, 0.4) is 0 Å². The number of hydrogen-bond acceptors (Lipinski definition) is 7. The highest BCUT2D eigenvalue weighted by Gasteiger charge is 2.72. The van der Waals surface area contributed by atoms with Crippen LogP contribution in [-0.2, 0) is 11.8 Å². The van der Waals surface area contributed by atoms with Crippen LogP contribution in [0.25, 0.3) is 0 Å². The van der Waals surface area contributed by atoms with Gasteiger partial charge in [-0.2, -0.15) is 0 Å². The van der Waals surface area contributed by atoms with Gasteiger partial charge in [-0.05, 0) is 86.7 Å². The van der Waals surface area contributed by atoms with Crippen LogP contribution in [0.15, 0.2) is 116 Å². The Labute approximate surface area is 276 Å². The van der Waals surface area contributed by atoms with Crippen LogP contribution >= 0.6 is 0 Å². The van der Waals surface area contributed by atoms with Crippen LogP contribution in [0.1, 0.15) is 43.9 Å². The quantitative estimate of drug-likeness (QED) is 0.177. The number of pyridine rings is 1. The maximum atomic E-state index is 5.15. The van der Waals surface area contributed by atoms with Crippen molar-refractivity contribution < 1.29 is 0 Å². The second-order valence-corrected chi connectivity index (χ2v) is 13.6. The highest BCUT2D eigenvalue weighted by molar-refractivity contribution is 5.90. The summed E-state index contributed by atoms with van der Waals surface area (Å²) < 4.78 is 0. The Bertz CT molecular complexity index is 2040. The SMILES string of the molecule is C=CC12Cc3ccc(c1c3)N1c3nccnc3N(c3ccccc3)C1C2(CC)C1N(c2ccccc2C)c2ncccc2N1C(C)C. The molecule has 0 amide bonds. The van der Waals surface area contributed by atoms with Crippen LogP contribution < -0.4 is 19.6 Å².